The van der Waals surface area contributed by atoms with Crippen LogP contribution >= 0.6 is 11.6 Å². The summed E-state index contributed by atoms with van der Waals surface area (Å²) in [5, 5.41) is 4.31. The predicted molar refractivity (Wildman–Crippen MR) is 92.9 cm³/mol. The molecule has 3 heterocycles. The maximum absolute atomic E-state index is 11.9. The summed E-state index contributed by atoms with van der Waals surface area (Å²) in [4.78, 5) is 25.4. The zero-order valence-corrected chi connectivity index (χ0v) is 14.3. The summed E-state index contributed by atoms with van der Waals surface area (Å²) in [5.41, 5.74) is 0.447. The van der Waals surface area contributed by atoms with Crippen LogP contribution in [0, 0.1) is 0 Å². The SMILES string of the molecule is Cn1ncc(N2CCN(c3ccnc(C4CC4)n3)CC2)c(Cl)c1=O. The molecule has 2 aliphatic rings. The first-order valence-corrected chi connectivity index (χ1v) is 8.56. The molecule has 1 aliphatic carbocycles. The maximum Gasteiger partial charge on any atom is 0.287 e. The molecule has 24 heavy (non-hydrogen) atoms. The minimum absolute atomic E-state index is 0.235. The van der Waals surface area contributed by atoms with E-state index in [4.69, 9.17) is 16.6 Å². The van der Waals surface area contributed by atoms with Gasteiger partial charge in [0.2, 0.25) is 0 Å². The zero-order chi connectivity index (χ0) is 16.7. The van der Waals surface area contributed by atoms with Gasteiger partial charge in [0.15, 0.2) is 0 Å². The third kappa shape index (κ3) is 2.84. The second-order valence-corrected chi connectivity index (χ2v) is 6.67. The van der Waals surface area contributed by atoms with Gasteiger partial charge in [-0.05, 0) is 18.9 Å². The van der Waals surface area contributed by atoms with Crippen molar-refractivity contribution in [1.29, 1.82) is 0 Å². The van der Waals surface area contributed by atoms with Crippen molar-refractivity contribution in [2.45, 2.75) is 18.8 Å². The van der Waals surface area contributed by atoms with Gasteiger partial charge in [-0.3, -0.25) is 4.79 Å². The number of nitrogens with zero attached hydrogens (tertiary/aromatic N) is 6. The van der Waals surface area contributed by atoms with Crippen LogP contribution in [0.15, 0.2) is 23.3 Å². The van der Waals surface area contributed by atoms with E-state index in [9.17, 15) is 4.79 Å². The van der Waals surface area contributed by atoms with Crippen LogP contribution in [0.25, 0.3) is 0 Å². The van der Waals surface area contributed by atoms with Gasteiger partial charge in [-0.15, -0.1) is 0 Å². The summed E-state index contributed by atoms with van der Waals surface area (Å²) in [6.45, 7) is 3.20. The Morgan fingerprint density at radius 1 is 1.17 bits per heavy atom. The molecule has 7 nitrogen and oxygen atoms in total. The van der Waals surface area contributed by atoms with E-state index < -0.39 is 0 Å². The topological polar surface area (TPSA) is 67.2 Å². The van der Waals surface area contributed by atoms with Crippen LogP contribution in [0.1, 0.15) is 24.6 Å². The average Bonchev–Trinajstić information content (AvgIpc) is 3.45. The molecule has 0 atom stereocenters. The molecule has 0 unspecified atom stereocenters. The van der Waals surface area contributed by atoms with Gasteiger partial charge in [-0.1, -0.05) is 11.6 Å². The third-order valence-corrected chi connectivity index (χ3v) is 4.96. The van der Waals surface area contributed by atoms with Crippen molar-refractivity contribution >= 4 is 23.1 Å². The molecule has 1 saturated heterocycles. The number of hydrogen-bond acceptors (Lipinski definition) is 6. The molecular formula is C16H19ClN6O. The van der Waals surface area contributed by atoms with Crippen molar-refractivity contribution in [2.24, 2.45) is 7.05 Å². The molecule has 1 saturated carbocycles. The molecule has 126 valence electrons. The summed E-state index contributed by atoms with van der Waals surface area (Å²) in [5.74, 6) is 2.50. The Kier molecular flexibility index (Phi) is 3.88. The zero-order valence-electron chi connectivity index (χ0n) is 13.5. The molecule has 2 aromatic heterocycles. The molecule has 0 N–H and O–H groups in total. The van der Waals surface area contributed by atoms with E-state index in [-0.39, 0.29) is 10.6 Å². The molecule has 0 bridgehead atoms. The normalized spacial score (nSPS) is 18.1. The fraction of sp³-hybridized carbons (Fsp3) is 0.500. The molecule has 0 amide bonds. The molecule has 4 rings (SSSR count). The number of hydrogen-bond donors (Lipinski definition) is 0. The fourth-order valence-corrected chi connectivity index (χ4v) is 3.27. The highest BCUT2D eigenvalue weighted by atomic mass is 35.5. The summed E-state index contributed by atoms with van der Waals surface area (Å²) in [7, 11) is 1.60. The van der Waals surface area contributed by atoms with Crippen molar-refractivity contribution in [2.75, 3.05) is 36.0 Å². The van der Waals surface area contributed by atoms with Gasteiger partial charge in [0.05, 0.1) is 11.9 Å². The first-order chi connectivity index (χ1) is 11.6. The van der Waals surface area contributed by atoms with Gasteiger partial charge in [0.1, 0.15) is 16.7 Å². The van der Waals surface area contributed by atoms with E-state index in [0.29, 0.717) is 11.6 Å². The molecule has 0 spiro atoms. The number of aromatic nitrogens is 4. The smallest absolute Gasteiger partial charge is 0.287 e. The van der Waals surface area contributed by atoms with E-state index in [1.54, 1.807) is 13.2 Å². The highest BCUT2D eigenvalue weighted by Gasteiger charge is 2.28. The maximum atomic E-state index is 11.9. The largest absolute Gasteiger partial charge is 0.365 e. The Balaban J connectivity index is 1.48. The van der Waals surface area contributed by atoms with E-state index in [2.05, 4.69) is 19.9 Å². The van der Waals surface area contributed by atoms with Gasteiger partial charge in [0.25, 0.3) is 5.56 Å². The van der Waals surface area contributed by atoms with Crippen molar-refractivity contribution < 1.29 is 0 Å². The Bertz CT molecular complexity index is 810. The highest BCUT2D eigenvalue weighted by Crippen LogP contribution is 2.38. The van der Waals surface area contributed by atoms with Gasteiger partial charge >= 0.3 is 0 Å². The van der Waals surface area contributed by atoms with Crippen molar-refractivity contribution in [3.05, 3.63) is 39.7 Å². The summed E-state index contributed by atoms with van der Waals surface area (Å²) >= 11 is 6.20. The molecule has 1 aliphatic heterocycles. The number of rotatable bonds is 3. The van der Waals surface area contributed by atoms with E-state index in [0.717, 1.165) is 37.8 Å². The van der Waals surface area contributed by atoms with Crippen molar-refractivity contribution in [3.8, 4) is 0 Å². The second kappa shape index (κ2) is 6.05. The number of halogens is 1. The number of aryl methyl sites for hydroxylation is 1. The third-order valence-electron chi connectivity index (χ3n) is 4.61. The Morgan fingerprint density at radius 2 is 1.88 bits per heavy atom. The van der Waals surface area contributed by atoms with Crippen LogP contribution in [-0.2, 0) is 7.05 Å². The lowest BCUT2D eigenvalue weighted by atomic mass is 10.2. The molecule has 2 aromatic rings. The van der Waals surface area contributed by atoms with Crippen molar-refractivity contribution in [3.63, 3.8) is 0 Å². The summed E-state index contributed by atoms with van der Waals surface area (Å²) < 4.78 is 1.25. The van der Waals surface area contributed by atoms with Gasteiger partial charge in [0, 0.05) is 45.3 Å². The van der Waals surface area contributed by atoms with Crippen LogP contribution in [0.5, 0.6) is 0 Å². The molecule has 0 aromatic carbocycles. The first kappa shape index (κ1) is 15.4. The minimum atomic E-state index is -0.263. The predicted octanol–water partition coefficient (Wildman–Crippen LogP) is 1.43. The van der Waals surface area contributed by atoms with Crippen LogP contribution in [0.2, 0.25) is 5.02 Å². The quantitative estimate of drug-likeness (QED) is 0.837. The van der Waals surface area contributed by atoms with Gasteiger partial charge < -0.3 is 9.80 Å². The average molecular weight is 347 g/mol. The molecule has 8 heteroatoms. The van der Waals surface area contributed by atoms with Crippen LogP contribution < -0.4 is 15.4 Å². The Morgan fingerprint density at radius 3 is 2.58 bits per heavy atom. The molecular weight excluding hydrogens is 328 g/mol. The monoisotopic (exact) mass is 346 g/mol. The number of anilines is 2. The lowest BCUT2D eigenvalue weighted by Crippen LogP contribution is -2.47. The van der Waals surface area contributed by atoms with Crippen molar-refractivity contribution in [1.82, 2.24) is 19.7 Å². The molecule has 0 radical (unpaired) electrons. The number of piperazine rings is 1. The van der Waals surface area contributed by atoms with Gasteiger partial charge in [-0.25, -0.2) is 14.6 Å². The van der Waals surface area contributed by atoms with E-state index >= 15 is 0 Å². The lowest BCUT2D eigenvalue weighted by molar-refractivity contribution is 0.636. The Labute approximate surface area is 144 Å². The Hall–Kier alpha value is -2.15. The summed E-state index contributed by atoms with van der Waals surface area (Å²) in [6, 6.07) is 1.97. The van der Waals surface area contributed by atoms with Crippen LogP contribution in [-0.4, -0.2) is 45.9 Å². The first-order valence-electron chi connectivity index (χ1n) is 8.18. The van der Waals surface area contributed by atoms with E-state index in [1.807, 2.05) is 12.3 Å². The second-order valence-electron chi connectivity index (χ2n) is 6.29. The lowest BCUT2D eigenvalue weighted by Gasteiger charge is -2.36. The molecule has 2 fully saturated rings. The standard InChI is InChI=1S/C16H19ClN6O/c1-21-16(24)14(17)12(10-19-21)22-6-8-23(9-7-22)13-4-5-18-15(20-13)11-2-3-11/h4-5,10-11H,2-3,6-9H2,1H3. The van der Waals surface area contributed by atoms with Gasteiger partial charge in [-0.2, -0.15) is 5.10 Å². The fourth-order valence-electron chi connectivity index (χ4n) is 2.98. The van der Waals surface area contributed by atoms with Crippen LogP contribution in [0.3, 0.4) is 0 Å². The summed E-state index contributed by atoms with van der Waals surface area (Å²) in [6.07, 6.45) is 5.91. The minimum Gasteiger partial charge on any atom is -0.365 e. The highest BCUT2D eigenvalue weighted by molar-refractivity contribution is 6.33. The van der Waals surface area contributed by atoms with Crippen LogP contribution in [0.4, 0.5) is 11.5 Å². The van der Waals surface area contributed by atoms with E-state index in [1.165, 1.54) is 17.5 Å².